The molecule has 0 saturated carbocycles. The molecule has 0 spiro atoms. The molecule has 0 N–H and O–H groups in total. The molecule has 1 atom stereocenters. The average molecular weight is 113 g/mol. The first-order valence-electron chi connectivity index (χ1n) is 3.64. The Morgan fingerprint density at radius 3 is 2.38 bits per heavy atom. The van der Waals surface area contributed by atoms with Crippen LogP contribution in [0, 0.1) is 12.3 Å². The molecule has 0 fully saturated rings. The lowest BCUT2D eigenvalue weighted by atomic mass is 10.0. The van der Waals surface area contributed by atoms with Crippen molar-refractivity contribution in [2.45, 2.75) is 40.0 Å². The van der Waals surface area contributed by atoms with Gasteiger partial charge in [-0.15, -0.1) is 0 Å². The van der Waals surface area contributed by atoms with E-state index in [0.29, 0.717) is 0 Å². The molecule has 0 rings (SSSR count). The van der Waals surface area contributed by atoms with Gasteiger partial charge < -0.3 is 6.42 Å². The molecule has 50 valence electrons. The van der Waals surface area contributed by atoms with E-state index < -0.39 is 0 Å². The number of rotatable bonds is 4. The highest BCUT2D eigenvalue weighted by molar-refractivity contribution is 4.69. The summed E-state index contributed by atoms with van der Waals surface area (Å²) in [7, 11) is 0. The van der Waals surface area contributed by atoms with Crippen LogP contribution in [-0.4, -0.2) is 0 Å². The summed E-state index contributed by atoms with van der Waals surface area (Å²) in [5, 5.41) is 0. The maximum absolute atomic E-state index is 2.40. The fraction of sp³-hybridized carbons (Fsp3) is 0.875. The van der Waals surface area contributed by atoms with Crippen molar-refractivity contribution in [1.29, 1.82) is 0 Å². The monoisotopic (exact) mass is 113 g/mol. The quantitative estimate of drug-likeness (QED) is 0.491. The Morgan fingerprint density at radius 2 is 2.00 bits per heavy atom. The number of unbranched alkanes of at least 4 members (excludes halogenated alkanes) is 1. The molecule has 1 unspecified atom stereocenters. The lowest BCUT2D eigenvalue weighted by Crippen LogP contribution is -1.91. The molecule has 8 heavy (non-hydrogen) atoms. The predicted octanol–water partition coefficient (Wildman–Crippen LogP) is 3.04. The molecular weight excluding hydrogens is 96.1 g/mol. The van der Waals surface area contributed by atoms with Crippen LogP contribution in [-0.2, 0) is 0 Å². The van der Waals surface area contributed by atoms with E-state index in [9.17, 15) is 0 Å². The van der Waals surface area contributed by atoms with E-state index in [0.717, 1.165) is 5.92 Å². The van der Waals surface area contributed by atoms with Gasteiger partial charge in [0.2, 0.25) is 0 Å². The molecule has 0 heteroatoms. The Labute approximate surface area is 53.3 Å². The zero-order valence-corrected chi connectivity index (χ0v) is 6.28. The zero-order valence-electron chi connectivity index (χ0n) is 6.28. The van der Waals surface area contributed by atoms with Crippen LogP contribution in [0.25, 0.3) is 0 Å². The third-order valence-electron chi connectivity index (χ3n) is 1.50. The lowest BCUT2D eigenvalue weighted by molar-refractivity contribution is 0.610. The van der Waals surface area contributed by atoms with Crippen molar-refractivity contribution >= 4 is 0 Å². The first kappa shape index (κ1) is 8.00. The van der Waals surface area contributed by atoms with E-state index in [1.807, 2.05) is 0 Å². The van der Waals surface area contributed by atoms with E-state index >= 15 is 0 Å². The molecular formula is C8H17-. The maximum atomic E-state index is 2.40. The van der Waals surface area contributed by atoms with E-state index in [2.05, 4.69) is 27.2 Å². The first-order valence-corrected chi connectivity index (χ1v) is 3.64. The van der Waals surface area contributed by atoms with Crippen LogP contribution in [0.2, 0.25) is 0 Å². The van der Waals surface area contributed by atoms with Crippen molar-refractivity contribution in [3.63, 3.8) is 0 Å². The molecule has 0 aromatic heterocycles. The van der Waals surface area contributed by atoms with Gasteiger partial charge in [0.15, 0.2) is 0 Å². The Balaban J connectivity index is 2.86. The highest BCUT2D eigenvalue weighted by atomic mass is 14.0. The van der Waals surface area contributed by atoms with Crippen LogP contribution in [0.1, 0.15) is 40.0 Å². The molecule has 0 amide bonds. The molecule has 0 heterocycles. The molecule has 0 bridgehead atoms. The second-order valence-electron chi connectivity index (χ2n) is 2.41. The van der Waals surface area contributed by atoms with Gasteiger partial charge in [0.1, 0.15) is 0 Å². The molecule has 0 aromatic carbocycles. The minimum Gasteiger partial charge on any atom is -0.326 e. The Hall–Kier alpha value is 0. The van der Waals surface area contributed by atoms with Gasteiger partial charge in [0.25, 0.3) is 0 Å². The van der Waals surface area contributed by atoms with Crippen molar-refractivity contribution in [2.24, 2.45) is 5.92 Å². The molecule has 0 radical (unpaired) electrons. The Morgan fingerprint density at radius 1 is 1.38 bits per heavy atom. The summed E-state index contributed by atoms with van der Waals surface area (Å²) in [4.78, 5) is 0. The summed E-state index contributed by atoms with van der Waals surface area (Å²) in [5.41, 5.74) is 0. The van der Waals surface area contributed by atoms with Gasteiger partial charge in [0.05, 0.1) is 0 Å². The van der Waals surface area contributed by atoms with E-state index in [4.69, 9.17) is 0 Å². The molecule has 0 saturated heterocycles. The number of hydrogen-bond donors (Lipinski definition) is 0. The molecule has 0 aliphatic rings. The van der Waals surface area contributed by atoms with Crippen LogP contribution in [0.3, 0.4) is 0 Å². The number of hydrogen-bond acceptors (Lipinski definition) is 0. The Kier molecular flexibility index (Phi) is 5.14. The van der Waals surface area contributed by atoms with Gasteiger partial charge >= 0.3 is 0 Å². The van der Waals surface area contributed by atoms with Gasteiger partial charge in [-0.25, -0.2) is 0 Å². The molecule has 0 aliphatic carbocycles. The van der Waals surface area contributed by atoms with Crippen LogP contribution < -0.4 is 0 Å². The largest absolute Gasteiger partial charge is 0.326 e. The Bertz CT molecular complexity index is 39.3. The highest BCUT2D eigenvalue weighted by Gasteiger charge is 1.82. The average Bonchev–Trinajstić information content (AvgIpc) is 1.83. The summed E-state index contributed by atoms with van der Waals surface area (Å²) < 4.78 is 0. The van der Waals surface area contributed by atoms with E-state index in [-0.39, 0.29) is 0 Å². The van der Waals surface area contributed by atoms with Crippen molar-refractivity contribution in [3.05, 3.63) is 6.42 Å². The van der Waals surface area contributed by atoms with Crippen molar-refractivity contribution in [2.75, 3.05) is 0 Å². The van der Waals surface area contributed by atoms with Gasteiger partial charge in [-0.1, -0.05) is 33.6 Å². The van der Waals surface area contributed by atoms with Gasteiger partial charge in [-0.2, -0.15) is 12.3 Å². The maximum Gasteiger partial charge on any atom is -0.0676 e. The third-order valence-corrected chi connectivity index (χ3v) is 1.50. The topological polar surface area (TPSA) is 0 Å². The van der Waals surface area contributed by atoms with Crippen molar-refractivity contribution in [3.8, 4) is 0 Å². The molecule has 0 aromatic rings. The SMILES string of the molecule is CCC[CH-]C(C)CC. The van der Waals surface area contributed by atoms with E-state index in [1.54, 1.807) is 0 Å². The van der Waals surface area contributed by atoms with Crippen LogP contribution in [0.4, 0.5) is 0 Å². The fourth-order valence-electron chi connectivity index (χ4n) is 0.618. The summed E-state index contributed by atoms with van der Waals surface area (Å²) in [5.74, 6) is 0.829. The predicted molar refractivity (Wildman–Crippen MR) is 38.7 cm³/mol. The first-order chi connectivity index (χ1) is 3.81. The summed E-state index contributed by atoms with van der Waals surface area (Å²) in [6, 6.07) is 0. The minimum atomic E-state index is 0.829. The van der Waals surface area contributed by atoms with Crippen LogP contribution in [0.15, 0.2) is 0 Å². The fourth-order valence-corrected chi connectivity index (χ4v) is 0.618. The van der Waals surface area contributed by atoms with Crippen LogP contribution >= 0.6 is 0 Å². The minimum absolute atomic E-state index is 0.829. The van der Waals surface area contributed by atoms with Crippen molar-refractivity contribution in [1.82, 2.24) is 0 Å². The second-order valence-corrected chi connectivity index (χ2v) is 2.41. The van der Waals surface area contributed by atoms with Crippen molar-refractivity contribution < 1.29 is 0 Å². The van der Waals surface area contributed by atoms with Gasteiger partial charge in [-0.05, 0) is 0 Å². The highest BCUT2D eigenvalue weighted by Crippen LogP contribution is 2.08. The lowest BCUT2D eigenvalue weighted by Gasteiger charge is -2.17. The normalized spacial score (nSPS) is 13.9. The van der Waals surface area contributed by atoms with E-state index in [1.165, 1.54) is 19.3 Å². The zero-order chi connectivity index (χ0) is 6.41. The van der Waals surface area contributed by atoms with Gasteiger partial charge in [0, 0.05) is 0 Å². The smallest absolute Gasteiger partial charge is 0.0676 e. The third kappa shape index (κ3) is 4.17. The summed E-state index contributed by atoms with van der Waals surface area (Å²) in [6.45, 7) is 6.73. The summed E-state index contributed by atoms with van der Waals surface area (Å²) >= 11 is 0. The second kappa shape index (κ2) is 5.14. The van der Waals surface area contributed by atoms with Crippen LogP contribution in [0.5, 0.6) is 0 Å². The summed E-state index contributed by atoms with van der Waals surface area (Å²) in [6.07, 6.45) is 6.28. The standard InChI is InChI=1S/C8H17/c1-4-6-7-8(3)5-2/h7-8H,4-6H2,1-3H3/q-1. The van der Waals surface area contributed by atoms with Gasteiger partial charge in [-0.3, -0.25) is 0 Å². The molecule has 0 aliphatic heterocycles. The molecule has 0 nitrogen and oxygen atoms in total.